The van der Waals surface area contributed by atoms with Crippen LogP contribution in [0.1, 0.15) is 37.3 Å². The van der Waals surface area contributed by atoms with Crippen molar-refractivity contribution in [1.29, 1.82) is 0 Å². The van der Waals surface area contributed by atoms with Crippen LogP contribution in [-0.4, -0.2) is 14.7 Å². The molecule has 0 amide bonds. The van der Waals surface area contributed by atoms with Crippen LogP contribution in [0.15, 0.2) is 52.0 Å². The molecule has 0 aliphatic carbocycles. The summed E-state index contributed by atoms with van der Waals surface area (Å²) in [6.45, 7) is 4.06. The number of sulfone groups is 1. The van der Waals surface area contributed by atoms with Gasteiger partial charge in [-0.05, 0) is 43.7 Å². The lowest BCUT2D eigenvalue weighted by atomic mass is 10.1. The lowest BCUT2D eigenvalue weighted by Gasteiger charge is -2.19. The van der Waals surface area contributed by atoms with E-state index in [0.29, 0.717) is 4.90 Å². The molecule has 108 valence electrons. The molecule has 0 fully saturated rings. The van der Waals surface area contributed by atoms with E-state index in [4.69, 9.17) is 4.42 Å². The van der Waals surface area contributed by atoms with Crippen molar-refractivity contribution in [3.8, 4) is 0 Å². The van der Waals surface area contributed by atoms with Crippen molar-refractivity contribution in [3.63, 3.8) is 0 Å². The smallest absolute Gasteiger partial charge is 0.175 e. The fourth-order valence-electron chi connectivity index (χ4n) is 2.09. The SMILES string of the molecule is CC(N[C@H](C)c1ccco1)c1ccc(S(C)(=O)=O)cc1. The Balaban J connectivity index is 2.08. The van der Waals surface area contributed by atoms with Crippen molar-refractivity contribution >= 4 is 9.84 Å². The molecule has 20 heavy (non-hydrogen) atoms. The van der Waals surface area contributed by atoms with Crippen LogP contribution in [0.5, 0.6) is 0 Å². The maximum Gasteiger partial charge on any atom is 0.175 e. The highest BCUT2D eigenvalue weighted by atomic mass is 32.2. The highest BCUT2D eigenvalue weighted by molar-refractivity contribution is 7.90. The third-order valence-corrected chi connectivity index (χ3v) is 4.41. The summed E-state index contributed by atoms with van der Waals surface area (Å²) in [5.41, 5.74) is 1.04. The van der Waals surface area contributed by atoms with Crippen LogP contribution in [0.2, 0.25) is 0 Å². The summed E-state index contributed by atoms with van der Waals surface area (Å²) in [6, 6.07) is 10.9. The van der Waals surface area contributed by atoms with Crippen LogP contribution in [-0.2, 0) is 9.84 Å². The normalized spacial score (nSPS) is 14.9. The quantitative estimate of drug-likeness (QED) is 0.920. The molecule has 0 radical (unpaired) electrons. The monoisotopic (exact) mass is 293 g/mol. The molecule has 0 saturated carbocycles. The van der Waals surface area contributed by atoms with Crippen LogP contribution in [0.25, 0.3) is 0 Å². The van der Waals surface area contributed by atoms with Crippen LogP contribution in [0, 0.1) is 0 Å². The van der Waals surface area contributed by atoms with E-state index in [-0.39, 0.29) is 12.1 Å². The van der Waals surface area contributed by atoms with Gasteiger partial charge in [0.05, 0.1) is 17.2 Å². The molecule has 0 spiro atoms. The van der Waals surface area contributed by atoms with E-state index in [0.717, 1.165) is 11.3 Å². The van der Waals surface area contributed by atoms with E-state index in [1.165, 1.54) is 6.26 Å². The first kappa shape index (κ1) is 14.8. The molecule has 0 saturated heterocycles. The minimum atomic E-state index is -3.14. The number of nitrogens with one attached hydrogen (secondary N) is 1. The van der Waals surface area contributed by atoms with E-state index >= 15 is 0 Å². The van der Waals surface area contributed by atoms with Crippen molar-refractivity contribution in [1.82, 2.24) is 5.32 Å². The summed E-state index contributed by atoms with van der Waals surface area (Å²) in [7, 11) is -3.14. The predicted octanol–water partition coefficient (Wildman–Crippen LogP) is 3.09. The second-order valence-electron chi connectivity index (χ2n) is 4.97. The molecule has 2 atom stereocenters. The summed E-state index contributed by atoms with van der Waals surface area (Å²) < 4.78 is 28.2. The highest BCUT2D eigenvalue weighted by Gasteiger charge is 2.14. The summed E-state index contributed by atoms with van der Waals surface area (Å²) in [6.07, 6.45) is 2.86. The van der Waals surface area contributed by atoms with Gasteiger partial charge in [0, 0.05) is 12.3 Å². The molecule has 1 aromatic heterocycles. The molecule has 2 rings (SSSR count). The largest absolute Gasteiger partial charge is 0.468 e. The van der Waals surface area contributed by atoms with E-state index in [1.54, 1.807) is 18.4 Å². The molecule has 1 N–H and O–H groups in total. The molecule has 1 unspecified atom stereocenters. The Labute approximate surface area is 119 Å². The standard InChI is InChI=1S/C15H19NO3S/c1-11(16-12(2)15-5-4-10-19-15)13-6-8-14(9-7-13)20(3,17)18/h4-12,16H,1-3H3/t11?,12-/m1/s1. The van der Waals surface area contributed by atoms with Gasteiger partial charge in [0.1, 0.15) is 5.76 Å². The van der Waals surface area contributed by atoms with Gasteiger partial charge >= 0.3 is 0 Å². The van der Waals surface area contributed by atoms with Crippen molar-refractivity contribution in [2.75, 3.05) is 6.26 Å². The Morgan fingerprint density at radius 3 is 2.20 bits per heavy atom. The zero-order valence-corrected chi connectivity index (χ0v) is 12.6. The second kappa shape index (κ2) is 5.81. The second-order valence-corrected chi connectivity index (χ2v) is 6.98. The highest BCUT2D eigenvalue weighted by Crippen LogP contribution is 2.21. The van der Waals surface area contributed by atoms with Gasteiger partial charge in [-0.2, -0.15) is 0 Å². The number of hydrogen-bond donors (Lipinski definition) is 1. The molecular weight excluding hydrogens is 274 g/mol. The third kappa shape index (κ3) is 3.49. The Morgan fingerprint density at radius 1 is 1.05 bits per heavy atom. The van der Waals surface area contributed by atoms with E-state index in [9.17, 15) is 8.42 Å². The third-order valence-electron chi connectivity index (χ3n) is 3.28. The molecule has 1 heterocycles. The fourth-order valence-corrected chi connectivity index (χ4v) is 2.73. The van der Waals surface area contributed by atoms with Gasteiger partial charge in [0.25, 0.3) is 0 Å². The minimum Gasteiger partial charge on any atom is -0.468 e. The average molecular weight is 293 g/mol. The topological polar surface area (TPSA) is 59.3 Å². The lowest BCUT2D eigenvalue weighted by Crippen LogP contribution is -2.22. The summed E-state index contributed by atoms with van der Waals surface area (Å²) in [5, 5.41) is 3.41. The number of furan rings is 1. The van der Waals surface area contributed by atoms with Gasteiger partial charge in [-0.3, -0.25) is 0 Å². The fraction of sp³-hybridized carbons (Fsp3) is 0.333. The van der Waals surface area contributed by atoms with Gasteiger partial charge in [0.2, 0.25) is 0 Å². The van der Waals surface area contributed by atoms with Crippen molar-refractivity contribution in [3.05, 3.63) is 54.0 Å². The van der Waals surface area contributed by atoms with Crippen LogP contribution >= 0.6 is 0 Å². The Bertz CT molecular complexity index is 645. The van der Waals surface area contributed by atoms with Gasteiger partial charge in [-0.25, -0.2) is 8.42 Å². The Hall–Kier alpha value is -1.59. The van der Waals surface area contributed by atoms with Gasteiger partial charge in [-0.1, -0.05) is 12.1 Å². The van der Waals surface area contributed by atoms with Crippen molar-refractivity contribution in [2.45, 2.75) is 30.8 Å². The summed E-state index contributed by atoms with van der Waals surface area (Å²) >= 11 is 0. The lowest BCUT2D eigenvalue weighted by molar-refractivity contribution is 0.403. The average Bonchev–Trinajstić information content (AvgIpc) is 2.91. The first-order valence-electron chi connectivity index (χ1n) is 6.47. The molecule has 0 aliphatic heterocycles. The Morgan fingerprint density at radius 2 is 1.70 bits per heavy atom. The predicted molar refractivity (Wildman–Crippen MR) is 78.2 cm³/mol. The maximum absolute atomic E-state index is 11.4. The van der Waals surface area contributed by atoms with E-state index in [2.05, 4.69) is 5.32 Å². The molecular formula is C15H19NO3S. The maximum atomic E-state index is 11.4. The van der Waals surface area contributed by atoms with Crippen LogP contribution in [0.4, 0.5) is 0 Å². The number of hydrogen-bond acceptors (Lipinski definition) is 4. The summed E-state index contributed by atoms with van der Waals surface area (Å²) in [4.78, 5) is 0.340. The number of benzene rings is 1. The van der Waals surface area contributed by atoms with Crippen LogP contribution < -0.4 is 5.32 Å². The molecule has 5 heteroatoms. The Kier molecular flexibility index (Phi) is 4.30. The molecule has 0 bridgehead atoms. The molecule has 1 aromatic carbocycles. The van der Waals surface area contributed by atoms with Gasteiger partial charge < -0.3 is 9.73 Å². The molecule has 2 aromatic rings. The van der Waals surface area contributed by atoms with Crippen LogP contribution in [0.3, 0.4) is 0 Å². The zero-order chi connectivity index (χ0) is 14.8. The number of rotatable bonds is 5. The first-order valence-corrected chi connectivity index (χ1v) is 8.36. The van der Waals surface area contributed by atoms with E-state index < -0.39 is 9.84 Å². The first-order chi connectivity index (χ1) is 9.38. The molecule has 0 aliphatic rings. The molecule has 4 nitrogen and oxygen atoms in total. The minimum absolute atomic E-state index is 0.0922. The summed E-state index contributed by atoms with van der Waals surface area (Å²) in [5.74, 6) is 0.879. The van der Waals surface area contributed by atoms with E-state index in [1.807, 2.05) is 38.1 Å². The van der Waals surface area contributed by atoms with Gasteiger partial charge in [-0.15, -0.1) is 0 Å². The van der Waals surface area contributed by atoms with Gasteiger partial charge in [0.15, 0.2) is 9.84 Å². The van der Waals surface area contributed by atoms with Crippen molar-refractivity contribution in [2.24, 2.45) is 0 Å². The zero-order valence-electron chi connectivity index (χ0n) is 11.8. The van der Waals surface area contributed by atoms with Crippen molar-refractivity contribution < 1.29 is 12.8 Å².